The lowest BCUT2D eigenvalue weighted by atomic mass is 9.98. The molecule has 0 unspecified atom stereocenters. The first-order valence-electron chi connectivity index (χ1n) is 5.92. The fraction of sp³-hybridized carbons (Fsp3) is 0.833. The number of carbonyl (C=O) groups is 2. The van der Waals surface area contributed by atoms with Crippen LogP contribution in [-0.4, -0.2) is 23.1 Å². The van der Waals surface area contributed by atoms with Gasteiger partial charge < -0.3 is 15.8 Å². The van der Waals surface area contributed by atoms with Gasteiger partial charge in [0.25, 0.3) is 5.91 Å². The number of nitrogens with two attached hydrogens (primary N) is 1. The largest absolute Gasteiger partial charge is 0.433 e. The number of rotatable bonds is 5. The molecule has 1 atom stereocenters. The Labute approximate surface area is 103 Å². The van der Waals surface area contributed by atoms with E-state index >= 15 is 0 Å². The highest BCUT2D eigenvalue weighted by Gasteiger charge is 2.35. The van der Waals surface area contributed by atoms with Crippen molar-refractivity contribution in [2.75, 3.05) is 0 Å². The highest BCUT2D eigenvalue weighted by molar-refractivity contribution is 5.85. The van der Waals surface area contributed by atoms with Crippen LogP contribution in [0.25, 0.3) is 0 Å². The quantitative estimate of drug-likeness (QED) is 0.775. The van der Waals surface area contributed by atoms with E-state index in [4.69, 9.17) is 10.5 Å². The van der Waals surface area contributed by atoms with E-state index < -0.39 is 23.1 Å². The zero-order valence-electron chi connectivity index (χ0n) is 11.4. The number of nitrogens with one attached hydrogen (secondary N) is 1. The lowest BCUT2D eigenvalue weighted by Gasteiger charge is -2.28. The molecule has 0 radical (unpaired) electrons. The van der Waals surface area contributed by atoms with Crippen molar-refractivity contribution >= 4 is 12.0 Å². The van der Waals surface area contributed by atoms with Gasteiger partial charge in [0.1, 0.15) is 0 Å². The van der Waals surface area contributed by atoms with Crippen LogP contribution in [0.3, 0.4) is 0 Å². The van der Waals surface area contributed by atoms with E-state index in [1.54, 1.807) is 6.92 Å². The molecule has 0 saturated carbocycles. The highest BCUT2D eigenvalue weighted by atomic mass is 16.6. The summed E-state index contributed by atoms with van der Waals surface area (Å²) in [5.74, 6) is -0.616. The molecule has 0 bridgehead atoms. The molecule has 0 saturated heterocycles. The molecule has 0 aromatic carbocycles. The molecule has 0 spiro atoms. The topological polar surface area (TPSA) is 81.4 Å². The second-order valence-electron chi connectivity index (χ2n) is 5.46. The van der Waals surface area contributed by atoms with Gasteiger partial charge in [0.15, 0.2) is 5.60 Å². The summed E-state index contributed by atoms with van der Waals surface area (Å²) >= 11 is 0. The monoisotopic (exact) mass is 244 g/mol. The second kappa shape index (κ2) is 5.89. The molecule has 0 fully saturated rings. The number of hydrogen-bond acceptors (Lipinski definition) is 3. The Bertz CT molecular complexity index is 284. The molecular weight excluding hydrogens is 220 g/mol. The van der Waals surface area contributed by atoms with Gasteiger partial charge in [-0.2, -0.15) is 0 Å². The van der Waals surface area contributed by atoms with Crippen molar-refractivity contribution in [2.24, 2.45) is 5.73 Å². The van der Waals surface area contributed by atoms with Crippen LogP contribution in [0.4, 0.5) is 4.79 Å². The maximum Gasteiger partial charge on any atom is 0.408 e. The van der Waals surface area contributed by atoms with Crippen molar-refractivity contribution in [3.8, 4) is 0 Å². The van der Waals surface area contributed by atoms with Crippen molar-refractivity contribution < 1.29 is 14.3 Å². The number of unbranched alkanes of at least 4 members (excludes halogenated alkanes) is 1. The van der Waals surface area contributed by atoms with Crippen LogP contribution < -0.4 is 11.1 Å². The maximum atomic E-state index is 11.6. The van der Waals surface area contributed by atoms with Gasteiger partial charge in [-0.25, -0.2) is 4.79 Å². The van der Waals surface area contributed by atoms with Gasteiger partial charge in [0, 0.05) is 5.54 Å². The van der Waals surface area contributed by atoms with Crippen LogP contribution in [0.5, 0.6) is 0 Å². The van der Waals surface area contributed by atoms with Crippen LogP contribution in [-0.2, 0) is 9.53 Å². The zero-order chi connectivity index (χ0) is 13.7. The average Bonchev–Trinajstić information content (AvgIpc) is 2.11. The molecule has 17 heavy (non-hydrogen) atoms. The molecule has 0 aliphatic carbocycles. The number of hydrogen-bond donors (Lipinski definition) is 2. The van der Waals surface area contributed by atoms with E-state index in [2.05, 4.69) is 5.32 Å². The number of carbonyl (C=O) groups excluding carboxylic acids is 2. The predicted octanol–water partition coefficient (Wildman–Crippen LogP) is 1.95. The number of alkyl carbamates (subject to hydrolysis) is 1. The van der Waals surface area contributed by atoms with E-state index in [1.165, 1.54) is 0 Å². The first-order valence-corrected chi connectivity index (χ1v) is 5.92. The van der Waals surface area contributed by atoms with E-state index in [-0.39, 0.29) is 0 Å². The normalized spacial score (nSPS) is 14.9. The van der Waals surface area contributed by atoms with Gasteiger partial charge >= 0.3 is 6.09 Å². The minimum Gasteiger partial charge on any atom is -0.433 e. The van der Waals surface area contributed by atoms with Gasteiger partial charge in [0.2, 0.25) is 0 Å². The molecule has 0 heterocycles. The third kappa shape index (κ3) is 6.14. The summed E-state index contributed by atoms with van der Waals surface area (Å²) in [4.78, 5) is 22.9. The van der Waals surface area contributed by atoms with Crippen LogP contribution in [0, 0.1) is 0 Å². The van der Waals surface area contributed by atoms with E-state index in [9.17, 15) is 9.59 Å². The number of primary amides is 1. The molecule has 0 aromatic rings. The molecule has 0 rings (SSSR count). The van der Waals surface area contributed by atoms with Crippen molar-refractivity contribution in [2.45, 2.75) is 65.0 Å². The zero-order valence-corrected chi connectivity index (χ0v) is 11.4. The number of ether oxygens (including phenoxy) is 1. The van der Waals surface area contributed by atoms with Crippen LogP contribution in [0.15, 0.2) is 0 Å². The molecule has 5 heteroatoms. The molecule has 0 aromatic heterocycles. The molecule has 2 amide bonds. The van der Waals surface area contributed by atoms with Gasteiger partial charge in [-0.15, -0.1) is 0 Å². The lowest BCUT2D eigenvalue weighted by molar-refractivity contribution is -0.135. The fourth-order valence-corrected chi connectivity index (χ4v) is 1.27. The Hall–Kier alpha value is -1.26. The Morgan fingerprint density at radius 1 is 1.24 bits per heavy atom. The lowest BCUT2D eigenvalue weighted by Crippen LogP contribution is -2.50. The molecular formula is C12H24N2O3. The Balaban J connectivity index is 4.55. The van der Waals surface area contributed by atoms with Crippen molar-refractivity contribution in [1.82, 2.24) is 5.32 Å². The summed E-state index contributed by atoms with van der Waals surface area (Å²) in [5, 5.41) is 2.64. The van der Waals surface area contributed by atoms with Crippen molar-refractivity contribution in [3.63, 3.8) is 0 Å². The summed E-state index contributed by atoms with van der Waals surface area (Å²) in [6, 6.07) is 0. The van der Waals surface area contributed by atoms with Gasteiger partial charge in [-0.1, -0.05) is 13.3 Å². The van der Waals surface area contributed by atoms with Crippen LogP contribution in [0.1, 0.15) is 53.9 Å². The average molecular weight is 244 g/mol. The van der Waals surface area contributed by atoms with E-state index in [0.29, 0.717) is 6.42 Å². The Morgan fingerprint density at radius 2 is 1.76 bits per heavy atom. The summed E-state index contributed by atoms with van der Waals surface area (Å²) < 4.78 is 5.15. The number of amides is 2. The Kier molecular flexibility index (Phi) is 5.45. The third-order valence-electron chi connectivity index (χ3n) is 2.32. The second-order valence-corrected chi connectivity index (χ2v) is 5.46. The standard InChI is InChI=1S/C12H24N2O3/c1-6-7-8-12(5,9(13)15)17-10(16)14-11(2,3)4/h6-8H2,1-5H3,(H2,13,15)(H,14,16)/t12-/m1/s1. The van der Waals surface area contributed by atoms with Gasteiger partial charge in [0.05, 0.1) is 0 Å². The SMILES string of the molecule is CCCC[C@@](C)(OC(=O)NC(C)(C)C)C(N)=O. The Morgan fingerprint density at radius 3 is 2.12 bits per heavy atom. The first-order chi connectivity index (χ1) is 7.60. The molecule has 3 N–H and O–H groups in total. The maximum absolute atomic E-state index is 11.6. The molecule has 0 aliphatic rings. The van der Waals surface area contributed by atoms with Crippen LogP contribution in [0.2, 0.25) is 0 Å². The minimum absolute atomic E-state index is 0.402. The van der Waals surface area contributed by atoms with Crippen molar-refractivity contribution in [1.29, 1.82) is 0 Å². The molecule has 100 valence electrons. The predicted molar refractivity (Wildman–Crippen MR) is 66.5 cm³/mol. The third-order valence-corrected chi connectivity index (χ3v) is 2.32. The van der Waals surface area contributed by atoms with Crippen LogP contribution >= 0.6 is 0 Å². The van der Waals surface area contributed by atoms with Crippen molar-refractivity contribution in [3.05, 3.63) is 0 Å². The highest BCUT2D eigenvalue weighted by Crippen LogP contribution is 2.19. The first kappa shape index (κ1) is 15.7. The van der Waals surface area contributed by atoms with Gasteiger partial charge in [-0.05, 0) is 40.5 Å². The summed E-state index contributed by atoms with van der Waals surface area (Å²) in [6.07, 6.45) is 1.51. The fourth-order valence-electron chi connectivity index (χ4n) is 1.27. The summed E-state index contributed by atoms with van der Waals surface area (Å²) in [5.41, 5.74) is 3.65. The molecule has 5 nitrogen and oxygen atoms in total. The summed E-state index contributed by atoms with van der Waals surface area (Å²) in [6.45, 7) is 9.05. The minimum atomic E-state index is -1.23. The van der Waals surface area contributed by atoms with Gasteiger partial charge in [-0.3, -0.25) is 4.79 Å². The van der Waals surface area contributed by atoms with E-state index in [0.717, 1.165) is 12.8 Å². The van der Waals surface area contributed by atoms with E-state index in [1.807, 2.05) is 27.7 Å². The molecule has 0 aliphatic heterocycles. The summed E-state index contributed by atoms with van der Waals surface area (Å²) in [7, 11) is 0. The smallest absolute Gasteiger partial charge is 0.408 e.